The lowest BCUT2D eigenvalue weighted by Gasteiger charge is -2.08. The Labute approximate surface area is 93.0 Å². The van der Waals surface area contributed by atoms with Gasteiger partial charge in [-0.3, -0.25) is 0 Å². The zero-order valence-corrected chi connectivity index (χ0v) is 9.32. The molecule has 78 valence electrons. The third-order valence-electron chi connectivity index (χ3n) is 2.43. The van der Waals surface area contributed by atoms with Crippen LogP contribution in [0.4, 0.5) is 0 Å². The summed E-state index contributed by atoms with van der Waals surface area (Å²) >= 11 is 0. The molecule has 0 spiro atoms. The van der Waals surface area contributed by atoms with Gasteiger partial charge in [0.05, 0.1) is 0 Å². The third kappa shape index (κ3) is 4.04. The summed E-state index contributed by atoms with van der Waals surface area (Å²) in [4.78, 5) is 0. The minimum absolute atomic E-state index is 0.257. The van der Waals surface area contributed by atoms with Gasteiger partial charge in [0, 0.05) is 5.92 Å². The second-order valence-corrected chi connectivity index (χ2v) is 3.59. The van der Waals surface area contributed by atoms with Gasteiger partial charge in [-0.2, -0.15) is 0 Å². The molecule has 0 radical (unpaired) electrons. The van der Waals surface area contributed by atoms with E-state index in [1.165, 1.54) is 5.56 Å². The Morgan fingerprint density at radius 2 is 2.00 bits per heavy atom. The van der Waals surface area contributed by atoms with E-state index >= 15 is 0 Å². The van der Waals surface area contributed by atoms with Crippen molar-refractivity contribution in [2.45, 2.75) is 32.1 Å². The van der Waals surface area contributed by atoms with Gasteiger partial charge >= 0.3 is 0 Å². The van der Waals surface area contributed by atoms with E-state index in [9.17, 15) is 0 Å². The molecule has 1 atom stereocenters. The van der Waals surface area contributed by atoms with Gasteiger partial charge in [-0.15, -0.1) is 6.42 Å². The lowest BCUT2D eigenvalue weighted by atomic mass is 9.95. The molecule has 0 aliphatic carbocycles. The van der Waals surface area contributed by atoms with Crippen LogP contribution in [0.2, 0.25) is 0 Å². The van der Waals surface area contributed by atoms with E-state index in [2.05, 4.69) is 37.1 Å². The molecule has 0 nitrogen and oxygen atoms in total. The van der Waals surface area contributed by atoms with Gasteiger partial charge in [0.1, 0.15) is 0 Å². The molecule has 1 unspecified atom stereocenters. The Bertz CT molecular complexity index is 327. The Hall–Kier alpha value is -1.48. The zero-order valence-electron chi connectivity index (χ0n) is 9.32. The number of hydrogen-bond acceptors (Lipinski definition) is 0. The molecule has 1 aromatic rings. The van der Waals surface area contributed by atoms with Crippen molar-refractivity contribution in [2.75, 3.05) is 0 Å². The highest BCUT2D eigenvalue weighted by atomic mass is 14.1. The first kappa shape index (κ1) is 11.6. The topological polar surface area (TPSA) is 0 Å². The van der Waals surface area contributed by atoms with Crippen molar-refractivity contribution in [2.24, 2.45) is 0 Å². The van der Waals surface area contributed by atoms with Crippen LogP contribution in [0.15, 0.2) is 42.5 Å². The van der Waals surface area contributed by atoms with Crippen molar-refractivity contribution < 1.29 is 0 Å². The summed E-state index contributed by atoms with van der Waals surface area (Å²) in [6.45, 7) is 2.15. The van der Waals surface area contributed by atoms with Crippen LogP contribution in [0, 0.1) is 12.3 Å². The Balaban J connectivity index is 2.51. The highest BCUT2D eigenvalue weighted by Gasteiger charge is 2.05. The fourth-order valence-corrected chi connectivity index (χ4v) is 1.58. The molecule has 15 heavy (non-hydrogen) atoms. The summed E-state index contributed by atoms with van der Waals surface area (Å²) in [5.74, 6) is 3.12. The molecule has 0 amide bonds. The van der Waals surface area contributed by atoms with E-state index in [0.29, 0.717) is 0 Å². The van der Waals surface area contributed by atoms with Crippen LogP contribution in [0.3, 0.4) is 0 Å². The van der Waals surface area contributed by atoms with E-state index in [1.807, 2.05) is 18.2 Å². The van der Waals surface area contributed by atoms with E-state index in [-0.39, 0.29) is 5.92 Å². The molecule has 0 fully saturated rings. The molecule has 0 aliphatic rings. The molecule has 0 aliphatic heterocycles. The SMILES string of the molecule is C#CC(CC/C=C\CC)c1ccccc1. The summed E-state index contributed by atoms with van der Waals surface area (Å²) in [6.07, 6.45) is 13.2. The van der Waals surface area contributed by atoms with Crippen molar-refractivity contribution in [3.8, 4) is 12.3 Å². The summed E-state index contributed by atoms with van der Waals surface area (Å²) in [5, 5.41) is 0. The van der Waals surface area contributed by atoms with Crippen molar-refractivity contribution in [1.82, 2.24) is 0 Å². The van der Waals surface area contributed by atoms with Gasteiger partial charge in [0.2, 0.25) is 0 Å². The maximum atomic E-state index is 5.55. The summed E-state index contributed by atoms with van der Waals surface area (Å²) in [6, 6.07) is 10.3. The zero-order chi connectivity index (χ0) is 10.9. The molecule has 1 rings (SSSR count). The van der Waals surface area contributed by atoms with Gasteiger partial charge in [-0.1, -0.05) is 55.3 Å². The van der Waals surface area contributed by atoms with Gasteiger partial charge in [0.15, 0.2) is 0 Å². The number of allylic oxidation sites excluding steroid dienone is 2. The second-order valence-electron chi connectivity index (χ2n) is 3.59. The Morgan fingerprint density at radius 1 is 1.27 bits per heavy atom. The number of rotatable bonds is 5. The minimum atomic E-state index is 0.257. The maximum Gasteiger partial charge on any atom is 0.0452 e. The fraction of sp³-hybridized carbons (Fsp3) is 0.333. The first-order valence-corrected chi connectivity index (χ1v) is 5.54. The van der Waals surface area contributed by atoms with E-state index in [1.54, 1.807) is 0 Å². The van der Waals surface area contributed by atoms with Crippen LogP contribution in [0.25, 0.3) is 0 Å². The monoisotopic (exact) mass is 198 g/mol. The van der Waals surface area contributed by atoms with Crippen molar-refractivity contribution in [1.29, 1.82) is 0 Å². The molecule has 0 bridgehead atoms. The number of hydrogen-bond donors (Lipinski definition) is 0. The van der Waals surface area contributed by atoms with Gasteiger partial charge in [0.25, 0.3) is 0 Å². The summed E-state index contributed by atoms with van der Waals surface area (Å²) < 4.78 is 0. The van der Waals surface area contributed by atoms with Gasteiger partial charge < -0.3 is 0 Å². The van der Waals surface area contributed by atoms with Crippen LogP contribution in [0.1, 0.15) is 37.7 Å². The highest BCUT2D eigenvalue weighted by molar-refractivity contribution is 5.26. The normalized spacial score (nSPS) is 12.5. The number of benzene rings is 1. The first-order valence-electron chi connectivity index (χ1n) is 5.54. The van der Waals surface area contributed by atoms with Crippen LogP contribution in [-0.4, -0.2) is 0 Å². The largest absolute Gasteiger partial charge is 0.119 e. The van der Waals surface area contributed by atoms with E-state index < -0.39 is 0 Å². The minimum Gasteiger partial charge on any atom is -0.119 e. The molecule has 0 heterocycles. The maximum absolute atomic E-state index is 5.55. The molecule has 0 heteroatoms. The Morgan fingerprint density at radius 3 is 2.60 bits per heavy atom. The molecule has 0 saturated heterocycles. The summed E-state index contributed by atoms with van der Waals surface area (Å²) in [5.41, 5.74) is 1.25. The Kier molecular flexibility index (Phi) is 5.33. The highest BCUT2D eigenvalue weighted by Crippen LogP contribution is 2.20. The van der Waals surface area contributed by atoms with Crippen molar-refractivity contribution in [3.63, 3.8) is 0 Å². The van der Waals surface area contributed by atoms with E-state index in [4.69, 9.17) is 6.42 Å². The molecular formula is C15H18. The summed E-state index contributed by atoms with van der Waals surface area (Å²) in [7, 11) is 0. The molecule has 1 aromatic carbocycles. The molecule has 0 N–H and O–H groups in total. The third-order valence-corrected chi connectivity index (χ3v) is 2.43. The van der Waals surface area contributed by atoms with Gasteiger partial charge in [-0.05, 0) is 24.8 Å². The standard InChI is InChI=1S/C15H18/c1-3-5-6-8-11-14(4-2)15-12-9-7-10-13-15/h2,5-7,9-10,12-14H,3,8,11H2,1H3/b6-5-. The average molecular weight is 198 g/mol. The van der Waals surface area contributed by atoms with Crippen LogP contribution in [0.5, 0.6) is 0 Å². The second kappa shape index (κ2) is 6.90. The van der Waals surface area contributed by atoms with Crippen LogP contribution in [-0.2, 0) is 0 Å². The average Bonchev–Trinajstić information content (AvgIpc) is 2.30. The van der Waals surface area contributed by atoms with Crippen molar-refractivity contribution in [3.05, 3.63) is 48.0 Å². The predicted octanol–water partition coefficient (Wildman–Crippen LogP) is 4.15. The van der Waals surface area contributed by atoms with E-state index in [0.717, 1.165) is 19.3 Å². The lowest BCUT2D eigenvalue weighted by Crippen LogP contribution is -1.94. The number of terminal acetylenes is 1. The molecular weight excluding hydrogens is 180 g/mol. The lowest BCUT2D eigenvalue weighted by molar-refractivity contribution is 0.769. The van der Waals surface area contributed by atoms with Crippen molar-refractivity contribution >= 4 is 0 Å². The first-order chi connectivity index (χ1) is 7.38. The van der Waals surface area contributed by atoms with Gasteiger partial charge in [-0.25, -0.2) is 0 Å². The smallest absolute Gasteiger partial charge is 0.0452 e. The quantitative estimate of drug-likeness (QED) is 0.492. The fourth-order valence-electron chi connectivity index (χ4n) is 1.58. The molecule has 0 aromatic heterocycles. The van der Waals surface area contributed by atoms with Crippen LogP contribution < -0.4 is 0 Å². The predicted molar refractivity (Wildman–Crippen MR) is 66.7 cm³/mol. The molecule has 0 saturated carbocycles. The van der Waals surface area contributed by atoms with Crippen LogP contribution >= 0.6 is 0 Å².